The second-order valence-electron chi connectivity index (χ2n) is 4.22. The second-order valence-corrected chi connectivity index (χ2v) is 4.22. The van der Waals surface area contributed by atoms with Gasteiger partial charge in [0.05, 0.1) is 13.2 Å². The third-order valence-electron chi connectivity index (χ3n) is 2.78. The van der Waals surface area contributed by atoms with Crippen molar-refractivity contribution in [2.45, 2.75) is 19.9 Å². The summed E-state index contributed by atoms with van der Waals surface area (Å²) < 4.78 is 11.4. The fraction of sp³-hybridized carbons (Fsp3) is 0.615. The molecule has 0 aliphatic heterocycles. The minimum absolute atomic E-state index is 0.0817. The number of aromatic nitrogens is 2. The van der Waals surface area contributed by atoms with Crippen LogP contribution in [-0.4, -0.2) is 60.0 Å². The van der Waals surface area contributed by atoms with Crippen LogP contribution in [0.3, 0.4) is 0 Å². The highest BCUT2D eigenvalue weighted by Crippen LogP contribution is 2.08. The number of carbonyl (C=O) groups excluding carboxylic acids is 2. The Balaban J connectivity index is 2.70. The van der Waals surface area contributed by atoms with Gasteiger partial charge in [-0.25, -0.2) is 0 Å². The van der Waals surface area contributed by atoms with Gasteiger partial charge in [-0.05, 0) is 19.9 Å². The molecule has 112 valence electrons. The SMILES string of the molecule is CCOC(=O)CN(CCOC)C(=O)[C@@H](C)n1cccn1. The van der Waals surface area contributed by atoms with E-state index in [0.29, 0.717) is 19.8 Å². The molecule has 1 amide bonds. The van der Waals surface area contributed by atoms with Crippen LogP contribution in [0.4, 0.5) is 0 Å². The van der Waals surface area contributed by atoms with Crippen LogP contribution in [0.25, 0.3) is 0 Å². The quantitative estimate of drug-likeness (QED) is 0.649. The summed E-state index contributed by atoms with van der Waals surface area (Å²) in [6.45, 7) is 4.37. The van der Waals surface area contributed by atoms with Crippen LogP contribution in [0.2, 0.25) is 0 Å². The highest BCUT2D eigenvalue weighted by atomic mass is 16.5. The molecule has 0 N–H and O–H groups in total. The van der Waals surface area contributed by atoms with Crippen molar-refractivity contribution in [3.05, 3.63) is 18.5 Å². The van der Waals surface area contributed by atoms with Gasteiger partial charge in [-0.1, -0.05) is 0 Å². The monoisotopic (exact) mass is 283 g/mol. The summed E-state index contributed by atoms with van der Waals surface area (Å²) in [5, 5.41) is 4.04. The van der Waals surface area contributed by atoms with Crippen molar-refractivity contribution in [3.8, 4) is 0 Å². The van der Waals surface area contributed by atoms with Crippen molar-refractivity contribution in [1.29, 1.82) is 0 Å². The summed E-state index contributed by atoms with van der Waals surface area (Å²) in [7, 11) is 1.55. The van der Waals surface area contributed by atoms with Crippen LogP contribution in [0.1, 0.15) is 19.9 Å². The maximum Gasteiger partial charge on any atom is 0.325 e. The summed E-state index contributed by atoms with van der Waals surface area (Å²) in [5.74, 6) is -0.622. The van der Waals surface area contributed by atoms with Crippen molar-refractivity contribution < 1.29 is 19.1 Å². The molecule has 0 spiro atoms. The lowest BCUT2D eigenvalue weighted by atomic mass is 10.3. The van der Waals surface area contributed by atoms with E-state index in [4.69, 9.17) is 9.47 Å². The Morgan fingerprint density at radius 1 is 1.45 bits per heavy atom. The molecule has 1 rings (SSSR count). The summed E-state index contributed by atoms with van der Waals surface area (Å²) >= 11 is 0. The topological polar surface area (TPSA) is 73.7 Å². The Bertz CT molecular complexity index is 419. The minimum Gasteiger partial charge on any atom is -0.465 e. The molecular weight excluding hydrogens is 262 g/mol. The summed E-state index contributed by atoms with van der Waals surface area (Å²) in [6.07, 6.45) is 3.32. The number of ether oxygens (including phenoxy) is 2. The Morgan fingerprint density at radius 2 is 2.20 bits per heavy atom. The number of carbonyl (C=O) groups is 2. The van der Waals surface area contributed by atoms with Gasteiger partial charge in [-0.3, -0.25) is 14.3 Å². The zero-order valence-corrected chi connectivity index (χ0v) is 12.1. The van der Waals surface area contributed by atoms with Gasteiger partial charge in [0.15, 0.2) is 0 Å². The summed E-state index contributed by atoms with van der Waals surface area (Å²) in [4.78, 5) is 25.4. The van der Waals surface area contributed by atoms with Crippen LogP contribution in [0.5, 0.6) is 0 Å². The number of nitrogens with zero attached hydrogens (tertiary/aromatic N) is 3. The van der Waals surface area contributed by atoms with E-state index in [1.54, 1.807) is 44.1 Å². The third-order valence-corrected chi connectivity index (χ3v) is 2.78. The largest absolute Gasteiger partial charge is 0.465 e. The summed E-state index contributed by atoms with van der Waals surface area (Å²) in [6, 6.07) is 1.27. The molecule has 0 bridgehead atoms. The van der Waals surface area contributed by atoms with Gasteiger partial charge in [0.1, 0.15) is 12.6 Å². The molecule has 0 aliphatic carbocycles. The standard InChI is InChI=1S/C13H21N3O4/c1-4-20-12(17)10-15(8-9-19-3)13(18)11(2)16-7-5-6-14-16/h5-7,11H,4,8-10H2,1-3H3/t11-/m1/s1. The van der Waals surface area contributed by atoms with E-state index >= 15 is 0 Å². The van der Waals surface area contributed by atoms with Gasteiger partial charge < -0.3 is 14.4 Å². The molecule has 1 atom stereocenters. The number of hydrogen-bond donors (Lipinski definition) is 0. The van der Waals surface area contributed by atoms with Gasteiger partial charge in [-0.2, -0.15) is 5.10 Å². The molecule has 1 aromatic heterocycles. The molecule has 1 aromatic rings. The molecule has 7 heteroatoms. The Labute approximate surface area is 118 Å². The average Bonchev–Trinajstić information content (AvgIpc) is 2.96. The van der Waals surface area contributed by atoms with Crippen molar-refractivity contribution in [3.63, 3.8) is 0 Å². The Morgan fingerprint density at radius 3 is 2.75 bits per heavy atom. The molecule has 0 unspecified atom stereocenters. The van der Waals surface area contributed by atoms with Gasteiger partial charge in [0.25, 0.3) is 0 Å². The van der Waals surface area contributed by atoms with E-state index in [2.05, 4.69) is 5.10 Å². The molecule has 1 heterocycles. The van der Waals surface area contributed by atoms with Crippen molar-refractivity contribution >= 4 is 11.9 Å². The molecule has 0 radical (unpaired) electrons. The molecule has 0 aliphatic rings. The first kappa shape index (κ1) is 16.2. The lowest BCUT2D eigenvalue weighted by molar-refractivity contribution is -0.150. The van der Waals surface area contributed by atoms with E-state index in [1.165, 1.54) is 4.90 Å². The van der Waals surface area contributed by atoms with Crippen LogP contribution in [0, 0.1) is 0 Å². The zero-order chi connectivity index (χ0) is 15.0. The number of methoxy groups -OCH3 is 1. The maximum atomic E-state index is 12.4. The molecule has 20 heavy (non-hydrogen) atoms. The van der Waals surface area contributed by atoms with Gasteiger partial charge in [0, 0.05) is 26.0 Å². The summed E-state index contributed by atoms with van der Waals surface area (Å²) in [5.41, 5.74) is 0. The normalized spacial score (nSPS) is 11.9. The van der Waals surface area contributed by atoms with E-state index in [1.807, 2.05) is 0 Å². The first-order valence-electron chi connectivity index (χ1n) is 6.52. The van der Waals surface area contributed by atoms with Crippen molar-refractivity contribution in [1.82, 2.24) is 14.7 Å². The molecule has 0 saturated carbocycles. The van der Waals surface area contributed by atoms with Crippen LogP contribution >= 0.6 is 0 Å². The Hall–Kier alpha value is -1.89. The van der Waals surface area contributed by atoms with Crippen molar-refractivity contribution in [2.24, 2.45) is 0 Å². The maximum absolute atomic E-state index is 12.4. The van der Waals surface area contributed by atoms with Gasteiger partial charge >= 0.3 is 5.97 Å². The average molecular weight is 283 g/mol. The molecule has 0 fully saturated rings. The lowest BCUT2D eigenvalue weighted by Crippen LogP contribution is -2.42. The molecular formula is C13H21N3O4. The first-order valence-corrected chi connectivity index (χ1v) is 6.52. The van der Waals surface area contributed by atoms with E-state index in [-0.39, 0.29) is 12.5 Å². The predicted octanol–water partition coefficient (Wildman–Crippen LogP) is 0.482. The molecule has 7 nitrogen and oxygen atoms in total. The van der Waals surface area contributed by atoms with E-state index in [0.717, 1.165) is 0 Å². The predicted molar refractivity (Wildman–Crippen MR) is 72.0 cm³/mol. The molecule has 0 aromatic carbocycles. The Kier molecular flexibility index (Phi) is 6.72. The zero-order valence-electron chi connectivity index (χ0n) is 12.1. The van der Waals surface area contributed by atoms with Crippen LogP contribution in [0.15, 0.2) is 18.5 Å². The number of rotatable bonds is 8. The minimum atomic E-state index is -0.476. The van der Waals surface area contributed by atoms with Crippen LogP contribution in [-0.2, 0) is 19.1 Å². The van der Waals surface area contributed by atoms with Gasteiger partial charge in [0.2, 0.25) is 5.91 Å². The fourth-order valence-electron chi connectivity index (χ4n) is 1.72. The fourth-order valence-corrected chi connectivity index (χ4v) is 1.72. The smallest absolute Gasteiger partial charge is 0.325 e. The number of esters is 1. The highest BCUT2D eigenvalue weighted by Gasteiger charge is 2.24. The number of hydrogen-bond acceptors (Lipinski definition) is 5. The van der Waals surface area contributed by atoms with Crippen LogP contribution < -0.4 is 0 Å². The van der Waals surface area contributed by atoms with Crippen molar-refractivity contribution in [2.75, 3.05) is 33.4 Å². The lowest BCUT2D eigenvalue weighted by Gasteiger charge is -2.24. The third kappa shape index (κ3) is 4.65. The van der Waals surface area contributed by atoms with E-state index < -0.39 is 12.0 Å². The highest BCUT2D eigenvalue weighted by molar-refractivity contribution is 5.84. The first-order chi connectivity index (χ1) is 9.60. The second kappa shape index (κ2) is 8.31. The number of amides is 1. The van der Waals surface area contributed by atoms with E-state index in [9.17, 15) is 9.59 Å². The van der Waals surface area contributed by atoms with Gasteiger partial charge in [-0.15, -0.1) is 0 Å². The molecule has 0 saturated heterocycles.